The van der Waals surface area contributed by atoms with Gasteiger partial charge in [-0.3, -0.25) is 0 Å². The highest BCUT2D eigenvalue weighted by Crippen LogP contribution is 2.28. The molecule has 1 aliphatic carbocycles. The van der Waals surface area contributed by atoms with Crippen LogP contribution in [0.2, 0.25) is 0 Å². The lowest BCUT2D eigenvalue weighted by molar-refractivity contribution is 0.227. The van der Waals surface area contributed by atoms with Gasteiger partial charge < -0.3 is 10.1 Å². The minimum absolute atomic E-state index is 0.624. The van der Waals surface area contributed by atoms with E-state index in [4.69, 9.17) is 4.74 Å². The van der Waals surface area contributed by atoms with Gasteiger partial charge >= 0.3 is 0 Å². The van der Waals surface area contributed by atoms with Gasteiger partial charge in [-0.2, -0.15) is 0 Å². The summed E-state index contributed by atoms with van der Waals surface area (Å²) in [6.07, 6.45) is 5.76. The summed E-state index contributed by atoms with van der Waals surface area (Å²) in [6.45, 7) is 5.55. The third kappa shape index (κ3) is 3.22. The van der Waals surface area contributed by atoms with Gasteiger partial charge in [-0.1, -0.05) is 26.3 Å². The SMILES string of the molecule is COc1ncccc1CNC1CC(C)CCC1C. The molecule has 0 aromatic carbocycles. The molecule has 0 spiro atoms. The lowest BCUT2D eigenvalue weighted by atomic mass is 9.80. The molecule has 1 saturated carbocycles. The molecule has 3 heteroatoms. The van der Waals surface area contributed by atoms with Crippen LogP contribution < -0.4 is 10.1 Å². The Morgan fingerprint density at radius 1 is 1.39 bits per heavy atom. The lowest BCUT2D eigenvalue weighted by Crippen LogP contribution is -2.39. The second-order valence-electron chi connectivity index (χ2n) is 5.55. The highest BCUT2D eigenvalue weighted by atomic mass is 16.5. The largest absolute Gasteiger partial charge is 0.481 e. The monoisotopic (exact) mass is 248 g/mol. The molecule has 0 radical (unpaired) electrons. The molecule has 1 aliphatic rings. The summed E-state index contributed by atoms with van der Waals surface area (Å²) in [5, 5.41) is 3.67. The predicted molar refractivity (Wildman–Crippen MR) is 73.6 cm³/mol. The Bertz CT molecular complexity index is 381. The predicted octanol–water partition coefficient (Wildman–Crippen LogP) is 3.00. The molecule has 18 heavy (non-hydrogen) atoms. The van der Waals surface area contributed by atoms with Crippen LogP contribution in [0.5, 0.6) is 5.88 Å². The van der Waals surface area contributed by atoms with Gasteiger partial charge in [0.1, 0.15) is 0 Å². The van der Waals surface area contributed by atoms with Gasteiger partial charge in [0.05, 0.1) is 7.11 Å². The van der Waals surface area contributed by atoms with Crippen molar-refractivity contribution < 1.29 is 4.74 Å². The molecule has 3 unspecified atom stereocenters. The zero-order chi connectivity index (χ0) is 13.0. The van der Waals surface area contributed by atoms with Crippen LogP contribution in [0.1, 0.15) is 38.7 Å². The summed E-state index contributed by atoms with van der Waals surface area (Å²) in [7, 11) is 1.68. The van der Waals surface area contributed by atoms with E-state index in [2.05, 4.69) is 30.2 Å². The summed E-state index contributed by atoms with van der Waals surface area (Å²) in [5.41, 5.74) is 1.14. The quantitative estimate of drug-likeness (QED) is 0.889. The first kappa shape index (κ1) is 13.3. The van der Waals surface area contributed by atoms with Gasteiger partial charge in [-0.25, -0.2) is 4.98 Å². The van der Waals surface area contributed by atoms with Crippen molar-refractivity contribution in [1.82, 2.24) is 10.3 Å². The number of nitrogens with zero attached hydrogens (tertiary/aromatic N) is 1. The van der Waals surface area contributed by atoms with Crippen LogP contribution in [0, 0.1) is 11.8 Å². The first-order valence-corrected chi connectivity index (χ1v) is 6.92. The Labute approximate surface area is 110 Å². The maximum Gasteiger partial charge on any atom is 0.217 e. The summed E-state index contributed by atoms with van der Waals surface area (Å²) < 4.78 is 5.28. The van der Waals surface area contributed by atoms with E-state index in [-0.39, 0.29) is 0 Å². The average Bonchev–Trinajstić information content (AvgIpc) is 2.40. The fourth-order valence-corrected chi connectivity index (χ4v) is 2.80. The first-order valence-electron chi connectivity index (χ1n) is 6.92. The van der Waals surface area contributed by atoms with E-state index in [0.717, 1.165) is 29.8 Å². The fourth-order valence-electron chi connectivity index (χ4n) is 2.80. The maximum atomic E-state index is 5.28. The topological polar surface area (TPSA) is 34.1 Å². The Kier molecular flexibility index (Phi) is 4.59. The number of hydrogen-bond acceptors (Lipinski definition) is 3. The van der Waals surface area contributed by atoms with Crippen LogP contribution >= 0.6 is 0 Å². The minimum Gasteiger partial charge on any atom is -0.481 e. The number of methoxy groups -OCH3 is 1. The number of aromatic nitrogens is 1. The second-order valence-corrected chi connectivity index (χ2v) is 5.55. The van der Waals surface area contributed by atoms with Crippen molar-refractivity contribution in [3.8, 4) is 5.88 Å². The third-order valence-corrected chi connectivity index (χ3v) is 4.06. The van der Waals surface area contributed by atoms with Gasteiger partial charge in [-0.05, 0) is 30.7 Å². The molecule has 2 rings (SSSR count). The van der Waals surface area contributed by atoms with Crippen LogP contribution in [-0.4, -0.2) is 18.1 Å². The Morgan fingerprint density at radius 3 is 3.00 bits per heavy atom. The molecule has 0 saturated heterocycles. The van der Waals surface area contributed by atoms with Gasteiger partial charge in [0.25, 0.3) is 0 Å². The number of hydrogen-bond donors (Lipinski definition) is 1. The molecule has 3 atom stereocenters. The van der Waals surface area contributed by atoms with E-state index in [1.165, 1.54) is 19.3 Å². The van der Waals surface area contributed by atoms with Crippen LogP contribution in [0.3, 0.4) is 0 Å². The van der Waals surface area contributed by atoms with Crippen LogP contribution in [0.25, 0.3) is 0 Å². The van der Waals surface area contributed by atoms with Crippen LogP contribution in [-0.2, 0) is 6.54 Å². The van der Waals surface area contributed by atoms with Gasteiger partial charge in [0.15, 0.2) is 0 Å². The van der Waals surface area contributed by atoms with Crippen LogP contribution in [0.4, 0.5) is 0 Å². The normalized spacial score (nSPS) is 28.1. The Morgan fingerprint density at radius 2 is 2.22 bits per heavy atom. The third-order valence-electron chi connectivity index (χ3n) is 4.06. The van der Waals surface area contributed by atoms with Crippen molar-refractivity contribution in [1.29, 1.82) is 0 Å². The van der Waals surface area contributed by atoms with E-state index in [0.29, 0.717) is 6.04 Å². The molecule has 0 amide bonds. The maximum absolute atomic E-state index is 5.28. The van der Waals surface area contributed by atoms with Gasteiger partial charge in [0.2, 0.25) is 5.88 Å². The zero-order valence-corrected chi connectivity index (χ0v) is 11.6. The van der Waals surface area contributed by atoms with E-state index >= 15 is 0 Å². The molecular weight excluding hydrogens is 224 g/mol. The standard InChI is InChI=1S/C15H24N2O/c1-11-6-7-12(2)14(9-11)17-10-13-5-4-8-16-15(13)18-3/h4-5,8,11-12,14,17H,6-7,9-10H2,1-3H3. The molecule has 1 aromatic rings. The highest BCUT2D eigenvalue weighted by Gasteiger charge is 2.25. The van der Waals surface area contributed by atoms with Gasteiger partial charge in [-0.15, -0.1) is 0 Å². The van der Waals surface area contributed by atoms with Crippen molar-refractivity contribution in [2.45, 2.75) is 45.7 Å². The smallest absolute Gasteiger partial charge is 0.217 e. The molecule has 0 aliphatic heterocycles. The summed E-state index contributed by atoms with van der Waals surface area (Å²) >= 11 is 0. The Hall–Kier alpha value is -1.09. The number of rotatable bonds is 4. The first-order chi connectivity index (χ1) is 8.70. The molecule has 0 bridgehead atoms. The van der Waals surface area contributed by atoms with E-state index in [1.54, 1.807) is 13.3 Å². The van der Waals surface area contributed by atoms with Crippen LogP contribution in [0.15, 0.2) is 18.3 Å². The summed E-state index contributed by atoms with van der Waals surface area (Å²) in [6, 6.07) is 4.67. The van der Waals surface area contributed by atoms with Gasteiger partial charge in [0, 0.05) is 24.3 Å². The van der Waals surface area contributed by atoms with E-state index in [1.807, 2.05) is 6.07 Å². The molecule has 1 N–H and O–H groups in total. The Balaban J connectivity index is 1.94. The van der Waals surface area contributed by atoms with Crippen molar-refractivity contribution >= 4 is 0 Å². The number of pyridine rings is 1. The lowest BCUT2D eigenvalue weighted by Gasteiger charge is -2.33. The number of ether oxygens (including phenoxy) is 1. The summed E-state index contributed by atoms with van der Waals surface area (Å²) in [4.78, 5) is 4.23. The van der Waals surface area contributed by atoms with Crippen molar-refractivity contribution in [3.05, 3.63) is 23.9 Å². The van der Waals surface area contributed by atoms with Crippen molar-refractivity contribution in [2.75, 3.05) is 7.11 Å². The second kappa shape index (κ2) is 6.19. The van der Waals surface area contributed by atoms with E-state index < -0.39 is 0 Å². The molecule has 1 fully saturated rings. The zero-order valence-electron chi connectivity index (χ0n) is 11.6. The molecular formula is C15H24N2O. The molecule has 100 valence electrons. The van der Waals surface area contributed by atoms with E-state index in [9.17, 15) is 0 Å². The fraction of sp³-hybridized carbons (Fsp3) is 0.667. The molecule has 1 heterocycles. The van der Waals surface area contributed by atoms with Crippen molar-refractivity contribution in [2.24, 2.45) is 11.8 Å². The summed E-state index contributed by atoms with van der Waals surface area (Å²) in [5.74, 6) is 2.35. The van der Waals surface area contributed by atoms with Crippen molar-refractivity contribution in [3.63, 3.8) is 0 Å². The molecule has 1 aromatic heterocycles. The number of nitrogens with one attached hydrogen (secondary N) is 1. The average molecular weight is 248 g/mol. The minimum atomic E-state index is 0.624. The highest BCUT2D eigenvalue weighted by molar-refractivity contribution is 5.25. The molecule has 3 nitrogen and oxygen atoms in total.